The molecule has 0 spiro atoms. The molecule has 0 saturated heterocycles. The van der Waals surface area contributed by atoms with E-state index in [1.807, 2.05) is 32.8 Å². The second-order valence-electron chi connectivity index (χ2n) is 6.25. The van der Waals surface area contributed by atoms with Crippen LogP contribution in [-0.2, 0) is 16.2 Å². The lowest BCUT2D eigenvalue weighted by molar-refractivity contribution is -0.137. The van der Waals surface area contributed by atoms with Gasteiger partial charge >= 0.3 is 6.18 Å². The van der Waals surface area contributed by atoms with Gasteiger partial charge in [-0.15, -0.1) is 0 Å². The Balaban J connectivity index is 2.92. The van der Waals surface area contributed by atoms with Gasteiger partial charge in [0.2, 0.25) is 10.0 Å². The average molecular weight is 338 g/mol. The fraction of sp³-hybridized carbons (Fsp3) is 0.571. The van der Waals surface area contributed by atoms with Gasteiger partial charge < -0.3 is 4.90 Å². The highest BCUT2D eigenvalue weighted by Gasteiger charge is 2.32. The van der Waals surface area contributed by atoms with E-state index in [4.69, 9.17) is 0 Å². The molecule has 0 atom stereocenters. The SMILES string of the molecule is CN(C)CC(C)(C)CNS(=O)(=O)c1cccc(C(F)(F)F)c1. The largest absolute Gasteiger partial charge is 0.416 e. The Morgan fingerprint density at radius 1 is 1.18 bits per heavy atom. The second kappa shape index (κ2) is 6.55. The van der Waals surface area contributed by atoms with Gasteiger partial charge in [0.15, 0.2) is 0 Å². The van der Waals surface area contributed by atoms with Crippen LogP contribution in [0, 0.1) is 5.41 Å². The number of nitrogens with one attached hydrogen (secondary N) is 1. The number of halogens is 3. The summed E-state index contributed by atoms with van der Waals surface area (Å²) in [6.07, 6.45) is -4.57. The maximum absolute atomic E-state index is 12.7. The molecule has 0 radical (unpaired) electrons. The van der Waals surface area contributed by atoms with Crippen molar-refractivity contribution in [1.82, 2.24) is 9.62 Å². The van der Waals surface area contributed by atoms with Gasteiger partial charge in [0.05, 0.1) is 10.5 Å². The first-order valence-electron chi connectivity index (χ1n) is 6.65. The van der Waals surface area contributed by atoms with Crippen LogP contribution in [0.3, 0.4) is 0 Å². The standard InChI is InChI=1S/C14H21F3N2O2S/c1-13(2,10-19(3)4)9-18-22(20,21)12-7-5-6-11(8-12)14(15,16)17/h5-8,18H,9-10H2,1-4H3. The highest BCUT2D eigenvalue weighted by molar-refractivity contribution is 7.89. The summed E-state index contributed by atoms with van der Waals surface area (Å²) >= 11 is 0. The number of sulfonamides is 1. The van der Waals surface area contributed by atoms with Crippen LogP contribution in [-0.4, -0.2) is 40.5 Å². The van der Waals surface area contributed by atoms with Gasteiger partial charge in [0, 0.05) is 13.1 Å². The van der Waals surface area contributed by atoms with Crippen LogP contribution in [0.2, 0.25) is 0 Å². The van der Waals surface area contributed by atoms with Crippen LogP contribution in [0.5, 0.6) is 0 Å². The van der Waals surface area contributed by atoms with Crippen molar-refractivity contribution in [2.75, 3.05) is 27.2 Å². The van der Waals surface area contributed by atoms with Crippen molar-refractivity contribution < 1.29 is 21.6 Å². The molecule has 1 aromatic carbocycles. The average Bonchev–Trinajstić information content (AvgIpc) is 2.34. The van der Waals surface area contributed by atoms with Crippen molar-refractivity contribution in [2.45, 2.75) is 24.9 Å². The molecule has 8 heteroatoms. The number of hydrogen-bond donors (Lipinski definition) is 1. The fourth-order valence-corrected chi connectivity index (χ4v) is 3.41. The quantitative estimate of drug-likeness (QED) is 0.867. The molecule has 0 bridgehead atoms. The third-order valence-electron chi connectivity index (χ3n) is 2.96. The van der Waals surface area contributed by atoms with E-state index in [0.29, 0.717) is 12.6 Å². The smallest absolute Gasteiger partial charge is 0.309 e. The Bertz CT molecular complexity index is 611. The van der Waals surface area contributed by atoms with Crippen molar-refractivity contribution in [1.29, 1.82) is 0 Å². The normalized spacial score (nSPS) is 13.6. The van der Waals surface area contributed by atoms with Crippen molar-refractivity contribution in [3.8, 4) is 0 Å². The molecule has 1 rings (SSSR count). The number of rotatable bonds is 6. The molecule has 0 aliphatic carbocycles. The summed E-state index contributed by atoms with van der Waals surface area (Å²) in [6, 6.07) is 3.72. The molecule has 0 aliphatic rings. The van der Waals surface area contributed by atoms with Gasteiger partial charge in [0.1, 0.15) is 0 Å². The number of benzene rings is 1. The maximum Gasteiger partial charge on any atom is 0.416 e. The Hall–Kier alpha value is -1.12. The molecule has 1 aromatic rings. The minimum atomic E-state index is -4.57. The van der Waals surface area contributed by atoms with Crippen molar-refractivity contribution in [2.24, 2.45) is 5.41 Å². The van der Waals surface area contributed by atoms with Crippen LogP contribution in [0.25, 0.3) is 0 Å². The number of hydrogen-bond acceptors (Lipinski definition) is 3. The van der Waals surface area contributed by atoms with Gasteiger partial charge in [-0.3, -0.25) is 0 Å². The Labute approximate surface area is 129 Å². The predicted octanol–water partition coefficient (Wildman–Crippen LogP) is 2.57. The van der Waals surface area contributed by atoms with Crippen LogP contribution < -0.4 is 4.72 Å². The molecule has 0 aliphatic heterocycles. The van der Waals surface area contributed by atoms with Crippen molar-refractivity contribution >= 4 is 10.0 Å². The fourth-order valence-electron chi connectivity index (χ4n) is 2.13. The molecule has 0 saturated carbocycles. The van der Waals surface area contributed by atoms with E-state index in [2.05, 4.69) is 4.72 Å². The van der Waals surface area contributed by atoms with Crippen molar-refractivity contribution in [3.05, 3.63) is 29.8 Å². The Morgan fingerprint density at radius 3 is 2.27 bits per heavy atom. The van der Waals surface area contributed by atoms with Gasteiger partial charge in [0.25, 0.3) is 0 Å². The Morgan fingerprint density at radius 2 is 1.77 bits per heavy atom. The lowest BCUT2D eigenvalue weighted by Gasteiger charge is -2.28. The molecule has 0 unspecified atom stereocenters. The number of nitrogens with zero attached hydrogens (tertiary/aromatic N) is 1. The molecule has 0 amide bonds. The maximum atomic E-state index is 12.7. The molecule has 126 valence electrons. The third-order valence-corrected chi connectivity index (χ3v) is 4.36. The van der Waals surface area contributed by atoms with Crippen LogP contribution >= 0.6 is 0 Å². The Kier molecular flexibility index (Phi) is 5.64. The summed E-state index contributed by atoms with van der Waals surface area (Å²) in [5, 5.41) is 0. The summed E-state index contributed by atoms with van der Waals surface area (Å²) in [7, 11) is -0.252. The first-order chi connectivity index (χ1) is 9.83. The van der Waals surface area contributed by atoms with Gasteiger partial charge in [-0.1, -0.05) is 19.9 Å². The molecule has 4 nitrogen and oxygen atoms in total. The van der Waals surface area contributed by atoms with E-state index in [9.17, 15) is 21.6 Å². The van der Waals surface area contributed by atoms with E-state index in [1.54, 1.807) is 0 Å². The lowest BCUT2D eigenvalue weighted by Crippen LogP contribution is -2.39. The predicted molar refractivity (Wildman–Crippen MR) is 79.0 cm³/mol. The monoisotopic (exact) mass is 338 g/mol. The highest BCUT2D eigenvalue weighted by Crippen LogP contribution is 2.30. The first kappa shape index (κ1) is 18.9. The van der Waals surface area contributed by atoms with Gasteiger partial charge in [-0.25, -0.2) is 13.1 Å². The summed E-state index contributed by atoms with van der Waals surface area (Å²) in [5.74, 6) is 0. The molecule has 0 heterocycles. The zero-order valence-electron chi connectivity index (χ0n) is 13.0. The van der Waals surface area contributed by atoms with Crippen LogP contribution in [0.4, 0.5) is 13.2 Å². The molecule has 22 heavy (non-hydrogen) atoms. The zero-order chi connectivity index (χ0) is 17.2. The summed E-state index contributed by atoms with van der Waals surface area (Å²) in [4.78, 5) is 1.53. The van der Waals surface area contributed by atoms with Gasteiger partial charge in [-0.05, 0) is 37.7 Å². The van der Waals surface area contributed by atoms with E-state index < -0.39 is 21.8 Å². The molecular formula is C14H21F3N2O2S. The molecule has 1 N–H and O–H groups in total. The lowest BCUT2D eigenvalue weighted by atomic mass is 9.93. The minimum Gasteiger partial charge on any atom is -0.309 e. The van der Waals surface area contributed by atoms with Crippen molar-refractivity contribution in [3.63, 3.8) is 0 Å². The first-order valence-corrected chi connectivity index (χ1v) is 8.13. The van der Waals surface area contributed by atoms with E-state index >= 15 is 0 Å². The van der Waals surface area contributed by atoms with E-state index in [0.717, 1.165) is 18.2 Å². The minimum absolute atomic E-state index is 0.129. The summed E-state index contributed by atoms with van der Waals surface area (Å²) in [5.41, 5.74) is -1.33. The topological polar surface area (TPSA) is 49.4 Å². The summed E-state index contributed by atoms with van der Waals surface area (Å²) < 4.78 is 64.6. The zero-order valence-corrected chi connectivity index (χ0v) is 13.8. The molecule has 0 aromatic heterocycles. The van der Waals surface area contributed by atoms with E-state index in [1.165, 1.54) is 0 Å². The van der Waals surface area contributed by atoms with E-state index in [-0.39, 0.29) is 16.9 Å². The highest BCUT2D eigenvalue weighted by atomic mass is 32.2. The molecular weight excluding hydrogens is 317 g/mol. The number of alkyl halides is 3. The third kappa shape index (κ3) is 5.58. The second-order valence-corrected chi connectivity index (χ2v) is 8.02. The van der Waals surface area contributed by atoms with Gasteiger partial charge in [-0.2, -0.15) is 13.2 Å². The summed E-state index contributed by atoms with van der Waals surface area (Å²) in [6.45, 7) is 4.52. The van der Waals surface area contributed by atoms with Crippen LogP contribution in [0.1, 0.15) is 19.4 Å². The molecule has 0 fully saturated rings. The van der Waals surface area contributed by atoms with Crippen LogP contribution in [0.15, 0.2) is 29.2 Å².